The van der Waals surface area contributed by atoms with Crippen molar-refractivity contribution in [2.24, 2.45) is 0 Å². The molecule has 0 bridgehead atoms. The number of hydrogen-bond acceptors (Lipinski definition) is 6. The van der Waals surface area contributed by atoms with Gasteiger partial charge in [0.2, 0.25) is 0 Å². The van der Waals surface area contributed by atoms with Crippen LogP contribution in [0, 0.1) is 17.0 Å². The zero-order valence-electron chi connectivity index (χ0n) is 11.4. The number of thiazole rings is 1. The number of anilines is 1. The van der Waals surface area contributed by atoms with E-state index >= 15 is 0 Å². The summed E-state index contributed by atoms with van der Waals surface area (Å²) in [6.45, 7) is 1.79. The highest BCUT2D eigenvalue weighted by Gasteiger charge is 2.14. The molecule has 2 aromatic heterocycles. The predicted octanol–water partition coefficient (Wildman–Crippen LogP) is 3.16. The molecule has 1 N–H and O–H groups in total. The van der Waals surface area contributed by atoms with Gasteiger partial charge in [-0.2, -0.15) is 0 Å². The van der Waals surface area contributed by atoms with Crippen molar-refractivity contribution in [3.05, 3.63) is 56.7 Å². The molecule has 0 spiro atoms. The van der Waals surface area contributed by atoms with Gasteiger partial charge in [0, 0.05) is 28.6 Å². The highest BCUT2D eigenvalue weighted by atomic mass is 32.1. The van der Waals surface area contributed by atoms with Crippen LogP contribution < -0.4 is 5.32 Å². The molecule has 0 aliphatic heterocycles. The van der Waals surface area contributed by atoms with Crippen LogP contribution in [-0.2, 0) is 0 Å². The molecule has 0 aliphatic carbocycles. The van der Waals surface area contributed by atoms with Gasteiger partial charge in [0.15, 0.2) is 0 Å². The van der Waals surface area contributed by atoms with Gasteiger partial charge in [-0.05, 0) is 19.1 Å². The molecule has 110 valence electrons. The Kier molecular flexibility index (Phi) is 3.51. The van der Waals surface area contributed by atoms with Crippen LogP contribution in [0.1, 0.15) is 16.2 Å². The van der Waals surface area contributed by atoms with Crippen molar-refractivity contribution in [2.45, 2.75) is 6.92 Å². The van der Waals surface area contributed by atoms with E-state index in [0.717, 1.165) is 0 Å². The number of amides is 1. The fraction of sp³-hybridized carbons (Fsp3) is 0.0714. The van der Waals surface area contributed by atoms with Gasteiger partial charge in [0.05, 0.1) is 21.6 Å². The molecule has 1 amide bonds. The maximum atomic E-state index is 12.1. The topological polar surface area (TPSA) is 98.0 Å². The van der Waals surface area contributed by atoms with E-state index in [2.05, 4.69) is 15.3 Å². The monoisotopic (exact) mass is 314 g/mol. The Morgan fingerprint density at radius 3 is 2.86 bits per heavy atom. The number of carbonyl (C=O) groups excluding carboxylic acids is 1. The molecule has 0 aliphatic rings. The number of hydrogen-bond donors (Lipinski definition) is 1. The number of rotatable bonds is 3. The maximum absolute atomic E-state index is 12.1. The van der Waals surface area contributed by atoms with Crippen molar-refractivity contribution in [3.8, 4) is 0 Å². The molecule has 0 saturated heterocycles. The van der Waals surface area contributed by atoms with Gasteiger partial charge >= 0.3 is 0 Å². The van der Waals surface area contributed by atoms with Crippen LogP contribution in [0.25, 0.3) is 10.9 Å². The average molecular weight is 314 g/mol. The highest BCUT2D eigenvalue weighted by Crippen LogP contribution is 2.27. The van der Waals surface area contributed by atoms with Gasteiger partial charge in [0.25, 0.3) is 11.6 Å². The third-order valence-electron chi connectivity index (χ3n) is 3.04. The van der Waals surface area contributed by atoms with E-state index in [1.807, 2.05) is 0 Å². The molecule has 7 nitrogen and oxygen atoms in total. The van der Waals surface area contributed by atoms with E-state index in [1.54, 1.807) is 29.9 Å². The van der Waals surface area contributed by atoms with Crippen molar-refractivity contribution in [2.75, 3.05) is 5.32 Å². The number of aromatic nitrogens is 2. The summed E-state index contributed by atoms with van der Waals surface area (Å²) in [5, 5.41) is 15.8. The Morgan fingerprint density at radius 1 is 1.36 bits per heavy atom. The van der Waals surface area contributed by atoms with Gasteiger partial charge < -0.3 is 5.32 Å². The second-order valence-corrected chi connectivity index (χ2v) is 5.32. The Balaban J connectivity index is 2.08. The number of nitro groups is 1. The molecule has 3 aromatic rings. The van der Waals surface area contributed by atoms with E-state index < -0.39 is 4.92 Å². The van der Waals surface area contributed by atoms with Gasteiger partial charge in [-0.25, -0.2) is 4.98 Å². The molecule has 8 heteroatoms. The van der Waals surface area contributed by atoms with Crippen LogP contribution >= 0.6 is 11.3 Å². The third kappa shape index (κ3) is 2.63. The number of benzene rings is 1. The van der Waals surface area contributed by atoms with Gasteiger partial charge in [-0.15, -0.1) is 11.3 Å². The zero-order valence-corrected chi connectivity index (χ0v) is 12.3. The van der Waals surface area contributed by atoms with Gasteiger partial charge in [-0.3, -0.25) is 19.9 Å². The molecule has 22 heavy (non-hydrogen) atoms. The fourth-order valence-electron chi connectivity index (χ4n) is 2.07. The number of pyridine rings is 1. The quantitative estimate of drug-likeness (QED) is 0.591. The predicted molar refractivity (Wildman–Crippen MR) is 83.2 cm³/mol. The molecule has 0 radical (unpaired) electrons. The van der Waals surface area contributed by atoms with E-state index in [4.69, 9.17) is 0 Å². The minimum absolute atomic E-state index is 0.0534. The number of nitro benzene ring substituents is 1. The zero-order chi connectivity index (χ0) is 15.7. The number of fused-ring (bicyclic) bond motifs is 1. The van der Waals surface area contributed by atoms with Crippen LogP contribution in [0.4, 0.5) is 11.4 Å². The second kappa shape index (κ2) is 5.49. The van der Waals surface area contributed by atoms with Crippen molar-refractivity contribution >= 4 is 39.5 Å². The lowest BCUT2D eigenvalue weighted by Gasteiger charge is -2.08. The summed E-state index contributed by atoms with van der Waals surface area (Å²) in [4.78, 5) is 30.8. The molecular formula is C14H10N4O3S. The molecule has 0 fully saturated rings. The van der Waals surface area contributed by atoms with Crippen LogP contribution in [-0.4, -0.2) is 20.8 Å². The minimum atomic E-state index is -0.481. The van der Waals surface area contributed by atoms with Crippen molar-refractivity contribution in [1.82, 2.24) is 9.97 Å². The first-order valence-electron chi connectivity index (χ1n) is 6.30. The molecule has 1 aromatic carbocycles. The van der Waals surface area contributed by atoms with Crippen LogP contribution in [0.2, 0.25) is 0 Å². The lowest BCUT2D eigenvalue weighted by atomic mass is 10.1. The third-order valence-corrected chi connectivity index (χ3v) is 3.63. The van der Waals surface area contributed by atoms with E-state index in [0.29, 0.717) is 28.0 Å². The summed E-state index contributed by atoms with van der Waals surface area (Å²) in [7, 11) is 0. The Labute approximate surface area is 128 Å². The van der Waals surface area contributed by atoms with E-state index in [1.165, 1.54) is 23.5 Å². The van der Waals surface area contributed by atoms with Crippen molar-refractivity contribution < 1.29 is 9.72 Å². The summed E-state index contributed by atoms with van der Waals surface area (Å²) in [5.41, 5.74) is 3.58. The molecular weight excluding hydrogens is 304 g/mol. The lowest BCUT2D eigenvalue weighted by molar-refractivity contribution is -0.384. The van der Waals surface area contributed by atoms with E-state index in [9.17, 15) is 14.9 Å². The summed E-state index contributed by atoms with van der Waals surface area (Å²) in [6.07, 6.45) is 0. The standard InChI is InChI=1S/C14H10N4O3S/c1-8-4-12(17-14(19)13-6-22-7-15-13)10-5-9(18(20)21)2-3-11(10)16-8/h2-7H,1H3,(H,16,17,19). The van der Waals surface area contributed by atoms with Crippen LogP contribution in [0.15, 0.2) is 35.2 Å². The lowest BCUT2D eigenvalue weighted by Crippen LogP contribution is -2.13. The number of non-ortho nitro benzene ring substituents is 1. The minimum Gasteiger partial charge on any atom is -0.320 e. The SMILES string of the molecule is Cc1cc(NC(=O)c2cscn2)c2cc([N+](=O)[O-])ccc2n1. The molecule has 0 saturated carbocycles. The number of nitrogens with zero attached hydrogens (tertiary/aromatic N) is 3. The smallest absolute Gasteiger partial charge is 0.275 e. The van der Waals surface area contributed by atoms with Gasteiger partial charge in [0.1, 0.15) is 5.69 Å². The summed E-state index contributed by atoms with van der Waals surface area (Å²) >= 11 is 1.32. The first kappa shape index (κ1) is 14.1. The second-order valence-electron chi connectivity index (χ2n) is 4.60. The molecule has 0 atom stereocenters. The molecule has 3 rings (SSSR count). The summed E-state index contributed by atoms with van der Waals surface area (Å²) in [5.74, 6) is -0.361. The Bertz CT molecular complexity index is 877. The van der Waals surface area contributed by atoms with E-state index in [-0.39, 0.29) is 11.6 Å². The number of carbonyl (C=O) groups is 1. The first-order valence-corrected chi connectivity index (χ1v) is 7.24. The molecule has 2 heterocycles. The average Bonchev–Trinajstić information content (AvgIpc) is 3.00. The van der Waals surface area contributed by atoms with Gasteiger partial charge in [-0.1, -0.05) is 0 Å². The van der Waals surface area contributed by atoms with Crippen molar-refractivity contribution in [1.29, 1.82) is 0 Å². The number of aryl methyl sites for hydroxylation is 1. The Morgan fingerprint density at radius 2 is 2.18 bits per heavy atom. The fourth-order valence-corrected chi connectivity index (χ4v) is 2.61. The highest BCUT2D eigenvalue weighted by molar-refractivity contribution is 7.07. The maximum Gasteiger partial charge on any atom is 0.275 e. The largest absolute Gasteiger partial charge is 0.320 e. The van der Waals surface area contributed by atoms with Crippen LogP contribution in [0.3, 0.4) is 0 Å². The Hall–Kier alpha value is -2.87. The number of nitrogens with one attached hydrogen (secondary N) is 1. The van der Waals surface area contributed by atoms with Crippen LogP contribution in [0.5, 0.6) is 0 Å². The normalized spacial score (nSPS) is 10.6. The molecule has 0 unspecified atom stereocenters. The van der Waals surface area contributed by atoms with Crippen molar-refractivity contribution in [3.63, 3.8) is 0 Å². The summed E-state index contributed by atoms with van der Waals surface area (Å²) < 4.78 is 0. The summed E-state index contributed by atoms with van der Waals surface area (Å²) in [6, 6.07) is 6.04. The first-order chi connectivity index (χ1) is 10.5.